The van der Waals surface area contributed by atoms with Crippen LogP contribution in [0.25, 0.3) is 0 Å². The lowest BCUT2D eigenvalue weighted by atomic mass is 10.2. The Morgan fingerprint density at radius 1 is 1.25 bits per heavy atom. The van der Waals surface area contributed by atoms with Gasteiger partial charge in [-0.05, 0) is 29.8 Å². The minimum absolute atomic E-state index is 0.214. The molecule has 1 aliphatic rings. The monoisotopic (exact) mass is 329 g/mol. The van der Waals surface area contributed by atoms with Crippen molar-refractivity contribution in [3.05, 3.63) is 47.8 Å². The van der Waals surface area contributed by atoms with E-state index in [-0.39, 0.29) is 12.7 Å². The molecule has 0 saturated heterocycles. The molecule has 2 heterocycles. The first-order valence-corrected chi connectivity index (χ1v) is 7.62. The maximum atomic E-state index is 11.8. The SMILES string of the molecule is COCCNC(=O)c1ccc(NCc2ccc3c(c2)OCO3)cn1. The number of ether oxygens (including phenoxy) is 3. The fraction of sp³-hybridized carbons (Fsp3) is 0.294. The van der Waals surface area contributed by atoms with Crippen molar-refractivity contribution < 1.29 is 19.0 Å². The lowest BCUT2D eigenvalue weighted by Crippen LogP contribution is -2.27. The summed E-state index contributed by atoms with van der Waals surface area (Å²) in [5, 5.41) is 5.99. The number of amides is 1. The summed E-state index contributed by atoms with van der Waals surface area (Å²) in [4.78, 5) is 16.0. The van der Waals surface area contributed by atoms with Crippen LogP contribution in [0.5, 0.6) is 11.5 Å². The van der Waals surface area contributed by atoms with Crippen LogP contribution < -0.4 is 20.1 Å². The predicted molar refractivity (Wildman–Crippen MR) is 88.3 cm³/mol. The van der Waals surface area contributed by atoms with Crippen LogP contribution in [0.1, 0.15) is 16.1 Å². The summed E-state index contributed by atoms with van der Waals surface area (Å²) in [7, 11) is 1.59. The highest BCUT2D eigenvalue weighted by Gasteiger charge is 2.13. The van der Waals surface area contributed by atoms with Gasteiger partial charge in [0, 0.05) is 20.2 Å². The Kier molecular flexibility index (Phi) is 5.12. The van der Waals surface area contributed by atoms with Crippen molar-refractivity contribution in [2.24, 2.45) is 0 Å². The zero-order valence-corrected chi connectivity index (χ0v) is 13.4. The number of carbonyl (C=O) groups is 1. The molecule has 0 bridgehead atoms. The Bertz CT molecular complexity index is 703. The van der Waals surface area contributed by atoms with E-state index in [1.807, 2.05) is 24.3 Å². The van der Waals surface area contributed by atoms with Gasteiger partial charge in [-0.1, -0.05) is 6.07 Å². The van der Waals surface area contributed by atoms with E-state index in [4.69, 9.17) is 14.2 Å². The minimum atomic E-state index is -0.214. The maximum absolute atomic E-state index is 11.8. The van der Waals surface area contributed by atoms with Gasteiger partial charge in [0.05, 0.1) is 18.5 Å². The highest BCUT2D eigenvalue weighted by molar-refractivity contribution is 5.92. The molecule has 1 aromatic carbocycles. The van der Waals surface area contributed by atoms with Crippen molar-refractivity contribution in [1.29, 1.82) is 0 Å². The van der Waals surface area contributed by atoms with E-state index in [9.17, 15) is 4.79 Å². The highest BCUT2D eigenvalue weighted by Crippen LogP contribution is 2.32. The molecule has 2 N–H and O–H groups in total. The van der Waals surface area contributed by atoms with Gasteiger partial charge >= 0.3 is 0 Å². The molecule has 0 aliphatic carbocycles. The van der Waals surface area contributed by atoms with Gasteiger partial charge in [-0.2, -0.15) is 0 Å². The normalized spacial score (nSPS) is 12.0. The van der Waals surface area contributed by atoms with Gasteiger partial charge < -0.3 is 24.8 Å². The van der Waals surface area contributed by atoms with Crippen LogP contribution >= 0.6 is 0 Å². The molecule has 1 aliphatic heterocycles. The molecule has 126 valence electrons. The summed E-state index contributed by atoms with van der Waals surface area (Å²) >= 11 is 0. The summed E-state index contributed by atoms with van der Waals surface area (Å²) in [5.74, 6) is 1.31. The standard InChI is InChI=1S/C17H19N3O4/c1-22-7-6-18-17(21)14-4-3-13(10-20-14)19-9-12-2-5-15-16(8-12)24-11-23-15/h2-5,8,10,19H,6-7,9,11H2,1H3,(H,18,21). The molecule has 1 aromatic heterocycles. The maximum Gasteiger partial charge on any atom is 0.269 e. The zero-order chi connectivity index (χ0) is 16.8. The van der Waals surface area contributed by atoms with E-state index in [0.717, 1.165) is 22.7 Å². The summed E-state index contributed by atoms with van der Waals surface area (Å²) in [6.45, 7) is 1.82. The van der Waals surface area contributed by atoms with Gasteiger partial charge in [-0.25, -0.2) is 4.98 Å². The average molecular weight is 329 g/mol. The van der Waals surface area contributed by atoms with Gasteiger partial charge in [0.1, 0.15) is 5.69 Å². The number of hydrogen-bond acceptors (Lipinski definition) is 6. The third-order valence-electron chi connectivity index (χ3n) is 3.52. The minimum Gasteiger partial charge on any atom is -0.454 e. The van der Waals surface area contributed by atoms with Gasteiger partial charge in [0.15, 0.2) is 11.5 Å². The zero-order valence-electron chi connectivity index (χ0n) is 13.4. The van der Waals surface area contributed by atoms with Crippen molar-refractivity contribution in [2.75, 3.05) is 32.4 Å². The number of anilines is 1. The fourth-order valence-corrected chi connectivity index (χ4v) is 2.24. The molecule has 3 rings (SSSR count). The summed E-state index contributed by atoms with van der Waals surface area (Å²) < 4.78 is 15.5. The van der Waals surface area contributed by atoms with Crippen LogP contribution in [0.3, 0.4) is 0 Å². The number of nitrogens with zero attached hydrogens (tertiary/aromatic N) is 1. The summed E-state index contributed by atoms with van der Waals surface area (Å²) in [6, 6.07) is 9.33. The van der Waals surface area contributed by atoms with Crippen molar-refractivity contribution in [2.45, 2.75) is 6.54 Å². The molecule has 1 amide bonds. The first-order chi connectivity index (χ1) is 11.8. The number of rotatable bonds is 7. The van der Waals surface area contributed by atoms with E-state index in [1.165, 1.54) is 0 Å². The lowest BCUT2D eigenvalue weighted by Gasteiger charge is -2.08. The molecule has 7 nitrogen and oxygen atoms in total. The number of fused-ring (bicyclic) bond motifs is 1. The number of benzene rings is 1. The number of hydrogen-bond donors (Lipinski definition) is 2. The first kappa shape index (κ1) is 16.1. The van der Waals surface area contributed by atoms with E-state index < -0.39 is 0 Å². The summed E-state index contributed by atoms with van der Waals surface area (Å²) in [5.41, 5.74) is 2.28. The van der Waals surface area contributed by atoms with Crippen LogP contribution in [0.2, 0.25) is 0 Å². The van der Waals surface area contributed by atoms with Crippen molar-refractivity contribution in [1.82, 2.24) is 10.3 Å². The molecule has 7 heteroatoms. The van der Waals surface area contributed by atoms with E-state index in [2.05, 4.69) is 15.6 Å². The largest absolute Gasteiger partial charge is 0.454 e. The molecule has 0 atom stereocenters. The molecule has 0 saturated carbocycles. The first-order valence-electron chi connectivity index (χ1n) is 7.62. The molecule has 0 fully saturated rings. The van der Waals surface area contributed by atoms with Gasteiger partial charge in [0.2, 0.25) is 6.79 Å². The van der Waals surface area contributed by atoms with Crippen LogP contribution in [-0.2, 0) is 11.3 Å². The van der Waals surface area contributed by atoms with Gasteiger partial charge in [0.25, 0.3) is 5.91 Å². The molecule has 0 spiro atoms. The van der Waals surface area contributed by atoms with E-state index in [0.29, 0.717) is 25.4 Å². The van der Waals surface area contributed by atoms with Crippen LogP contribution in [-0.4, -0.2) is 37.9 Å². The third-order valence-corrected chi connectivity index (χ3v) is 3.52. The third kappa shape index (κ3) is 3.94. The van der Waals surface area contributed by atoms with Crippen LogP contribution in [0.15, 0.2) is 36.5 Å². The number of nitrogens with one attached hydrogen (secondary N) is 2. The average Bonchev–Trinajstić information content (AvgIpc) is 3.08. The van der Waals surface area contributed by atoms with Crippen LogP contribution in [0, 0.1) is 0 Å². The quantitative estimate of drug-likeness (QED) is 0.754. The predicted octanol–water partition coefficient (Wildman–Crippen LogP) is 1.80. The second kappa shape index (κ2) is 7.65. The van der Waals surface area contributed by atoms with Crippen LogP contribution in [0.4, 0.5) is 5.69 Å². The Balaban J connectivity index is 1.53. The Morgan fingerprint density at radius 2 is 2.12 bits per heavy atom. The number of carbonyl (C=O) groups excluding carboxylic acids is 1. The Morgan fingerprint density at radius 3 is 2.92 bits per heavy atom. The topological polar surface area (TPSA) is 81.7 Å². The second-order valence-electron chi connectivity index (χ2n) is 5.22. The lowest BCUT2D eigenvalue weighted by molar-refractivity contribution is 0.0932. The molecular formula is C17H19N3O4. The van der Waals surface area contributed by atoms with Gasteiger partial charge in [-0.15, -0.1) is 0 Å². The molecule has 0 unspecified atom stereocenters. The Labute approximate surface area is 139 Å². The van der Waals surface area contributed by atoms with E-state index in [1.54, 1.807) is 19.4 Å². The smallest absolute Gasteiger partial charge is 0.269 e. The van der Waals surface area contributed by atoms with Gasteiger partial charge in [-0.3, -0.25) is 4.79 Å². The van der Waals surface area contributed by atoms with Crippen molar-refractivity contribution in [3.63, 3.8) is 0 Å². The van der Waals surface area contributed by atoms with E-state index >= 15 is 0 Å². The number of methoxy groups -OCH3 is 1. The Hall–Kier alpha value is -2.80. The molecular weight excluding hydrogens is 310 g/mol. The number of pyridine rings is 1. The van der Waals surface area contributed by atoms with Crippen molar-refractivity contribution in [3.8, 4) is 11.5 Å². The molecule has 0 radical (unpaired) electrons. The molecule has 24 heavy (non-hydrogen) atoms. The summed E-state index contributed by atoms with van der Waals surface area (Å²) in [6.07, 6.45) is 1.64. The fourth-order valence-electron chi connectivity index (χ4n) is 2.24. The number of aromatic nitrogens is 1. The second-order valence-corrected chi connectivity index (χ2v) is 5.22. The molecule has 2 aromatic rings. The highest BCUT2D eigenvalue weighted by atomic mass is 16.7. The van der Waals surface area contributed by atoms with Crippen molar-refractivity contribution >= 4 is 11.6 Å².